The van der Waals surface area contributed by atoms with E-state index in [4.69, 9.17) is 5.73 Å². The van der Waals surface area contributed by atoms with Gasteiger partial charge in [0.15, 0.2) is 0 Å². The summed E-state index contributed by atoms with van der Waals surface area (Å²) in [5.41, 5.74) is 7.92. The first-order valence-electron chi connectivity index (χ1n) is 6.86. The average Bonchev–Trinajstić information content (AvgIpc) is 3.08. The molecule has 0 radical (unpaired) electrons. The summed E-state index contributed by atoms with van der Waals surface area (Å²) in [5, 5.41) is 4.09. The van der Waals surface area contributed by atoms with Crippen molar-refractivity contribution in [1.29, 1.82) is 0 Å². The van der Waals surface area contributed by atoms with Gasteiger partial charge >= 0.3 is 0 Å². The van der Waals surface area contributed by atoms with Crippen molar-refractivity contribution in [1.82, 2.24) is 9.78 Å². The molecule has 3 rings (SSSR count). The van der Waals surface area contributed by atoms with Crippen LogP contribution in [0.15, 0.2) is 42.7 Å². The lowest BCUT2D eigenvalue weighted by Crippen LogP contribution is -2.33. The van der Waals surface area contributed by atoms with Gasteiger partial charge in [-0.2, -0.15) is 5.10 Å². The third-order valence-corrected chi connectivity index (χ3v) is 3.74. The van der Waals surface area contributed by atoms with Crippen molar-refractivity contribution in [3.63, 3.8) is 0 Å². The number of nitrogens with two attached hydrogens (primary N) is 1. The summed E-state index contributed by atoms with van der Waals surface area (Å²) in [5.74, 6) is 0.415. The molecule has 5 nitrogen and oxygen atoms in total. The van der Waals surface area contributed by atoms with Crippen LogP contribution in [0.5, 0.6) is 0 Å². The van der Waals surface area contributed by atoms with Crippen LogP contribution in [-0.4, -0.2) is 28.8 Å². The molecule has 0 unspecified atom stereocenters. The second-order valence-electron chi connectivity index (χ2n) is 5.04. The minimum atomic E-state index is 0.0701. The molecule has 104 valence electrons. The fourth-order valence-electron chi connectivity index (χ4n) is 2.80. The van der Waals surface area contributed by atoms with Gasteiger partial charge in [-0.3, -0.25) is 9.48 Å². The minimum absolute atomic E-state index is 0.0701. The van der Waals surface area contributed by atoms with E-state index in [1.54, 1.807) is 17.1 Å². The van der Waals surface area contributed by atoms with Crippen molar-refractivity contribution in [3.8, 4) is 0 Å². The van der Waals surface area contributed by atoms with Crippen molar-refractivity contribution in [2.75, 3.05) is 18.0 Å². The summed E-state index contributed by atoms with van der Waals surface area (Å²) in [4.78, 5) is 14.3. The summed E-state index contributed by atoms with van der Waals surface area (Å²) in [6.07, 6.45) is 4.39. The molecule has 0 spiro atoms. The lowest BCUT2D eigenvalue weighted by Gasteiger charge is -2.17. The van der Waals surface area contributed by atoms with E-state index in [-0.39, 0.29) is 12.5 Å². The number of para-hydroxylation sites is 1. The van der Waals surface area contributed by atoms with Gasteiger partial charge in [-0.1, -0.05) is 18.2 Å². The Kier molecular flexibility index (Phi) is 3.52. The van der Waals surface area contributed by atoms with Gasteiger partial charge in [0.25, 0.3) is 0 Å². The molecular formula is C15H18N4O. The third kappa shape index (κ3) is 2.32. The molecule has 1 amide bonds. The molecule has 5 heteroatoms. The van der Waals surface area contributed by atoms with E-state index in [1.165, 1.54) is 5.56 Å². The molecule has 1 aliphatic heterocycles. The van der Waals surface area contributed by atoms with Crippen molar-refractivity contribution in [3.05, 3.63) is 48.3 Å². The van der Waals surface area contributed by atoms with Crippen LogP contribution in [0.4, 0.5) is 5.69 Å². The van der Waals surface area contributed by atoms with Crippen molar-refractivity contribution < 1.29 is 4.79 Å². The van der Waals surface area contributed by atoms with Gasteiger partial charge in [0.2, 0.25) is 5.91 Å². The van der Waals surface area contributed by atoms with Crippen molar-refractivity contribution >= 4 is 11.6 Å². The van der Waals surface area contributed by atoms with Crippen LogP contribution >= 0.6 is 0 Å². The highest BCUT2D eigenvalue weighted by molar-refractivity contribution is 5.95. The van der Waals surface area contributed by atoms with Gasteiger partial charge in [-0.15, -0.1) is 0 Å². The molecule has 0 bridgehead atoms. The largest absolute Gasteiger partial charge is 0.330 e. The summed E-state index contributed by atoms with van der Waals surface area (Å²) in [6, 6.07) is 9.91. The van der Waals surface area contributed by atoms with E-state index in [2.05, 4.69) is 11.2 Å². The zero-order chi connectivity index (χ0) is 13.9. The van der Waals surface area contributed by atoms with E-state index in [9.17, 15) is 4.79 Å². The number of carbonyl (C=O) groups excluding carboxylic acids is 1. The summed E-state index contributed by atoms with van der Waals surface area (Å²) in [6.45, 7) is 1.63. The van der Waals surface area contributed by atoms with Gasteiger partial charge < -0.3 is 10.6 Å². The first-order valence-corrected chi connectivity index (χ1v) is 6.86. The van der Waals surface area contributed by atoms with Gasteiger partial charge in [-0.05, 0) is 30.7 Å². The lowest BCUT2D eigenvalue weighted by atomic mass is 9.98. The number of hydrogen-bond donors (Lipinski definition) is 1. The molecule has 0 saturated heterocycles. The molecule has 1 aliphatic rings. The summed E-state index contributed by atoms with van der Waals surface area (Å²) >= 11 is 0. The zero-order valence-corrected chi connectivity index (χ0v) is 11.3. The molecule has 20 heavy (non-hydrogen) atoms. The molecule has 2 N–H and O–H groups in total. The molecule has 0 aliphatic carbocycles. The van der Waals surface area contributed by atoms with Crippen LogP contribution in [0, 0.1) is 0 Å². The second kappa shape index (κ2) is 5.46. The van der Waals surface area contributed by atoms with Crippen LogP contribution in [0.1, 0.15) is 17.9 Å². The second-order valence-corrected chi connectivity index (χ2v) is 5.04. The highest BCUT2D eigenvalue weighted by Gasteiger charge is 2.31. The monoisotopic (exact) mass is 270 g/mol. The Morgan fingerprint density at radius 1 is 1.35 bits per heavy atom. The topological polar surface area (TPSA) is 64.2 Å². The molecule has 1 atom stereocenters. The molecule has 2 aromatic rings. The van der Waals surface area contributed by atoms with Crippen LogP contribution < -0.4 is 10.6 Å². The number of amides is 1. The maximum Gasteiger partial charge on any atom is 0.248 e. The van der Waals surface area contributed by atoms with Crippen LogP contribution in [0.3, 0.4) is 0 Å². The van der Waals surface area contributed by atoms with Gasteiger partial charge in [0.1, 0.15) is 6.54 Å². The van der Waals surface area contributed by atoms with Gasteiger partial charge in [-0.25, -0.2) is 0 Å². The smallest absolute Gasteiger partial charge is 0.248 e. The fourth-order valence-corrected chi connectivity index (χ4v) is 2.80. The average molecular weight is 270 g/mol. The zero-order valence-electron chi connectivity index (χ0n) is 11.3. The van der Waals surface area contributed by atoms with Crippen LogP contribution in [0.2, 0.25) is 0 Å². The Morgan fingerprint density at radius 3 is 2.95 bits per heavy atom. The number of nitrogens with zero attached hydrogens (tertiary/aromatic N) is 3. The summed E-state index contributed by atoms with van der Waals surface area (Å²) in [7, 11) is 0. The standard InChI is InChI=1S/C15H18N4O/c16-7-6-12-10-19(14-5-2-1-4-13(12)14)15(20)11-18-9-3-8-17-18/h1-5,8-9,12H,6-7,10-11,16H2/t12-/m1/s1. The third-order valence-electron chi connectivity index (χ3n) is 3.74. The number of hydrogen-bond acceptors (Lipinski definition) is 3. The van der Waals surface area contributed by atoms with E-state index < -0.39 is 0 Å². The number of benzene rings is 1. The van der Waals surface area contributed by atoms with Crippen LogP contribution in [0.25, 0.3) is 0 Å². The number of fused-ring (bicyclic) bond motifs is 1. The first kappa shape index (κ1) is 12.9. The van der Waals surface area contributed by atoms with E-state index in [0.717, 1.165) is 18.7 Å². The number of aromatic nitrogens is 2. The molecule has 0 saturated carbocycles. The first-order chi connectivity index (χ1) is 9.79. The molecule has 1 aromatic heterocycles. The maximum atomic E-state index is 12.5. The Hall–Kier alpha value is -2.14. The van der Waals surface area contributed by atoms with Crippen LogP contribution in [-0.2, 0) is 11.3 Å². The predicted molar refractivity (Wildman–Crippen MR) is 77.4 cm³/mol. The summed E-state index contributed by atoms with van der Waals surface area (Å²) < 4.78 is 1.65. The Balaban J connectivity index is 1.82. The number of anilines is 1. The Labute approximate surface area is 118 Å². The Morgan fingerprint density at radius 2 is 2.20 bits per heavy atom. The van der Waals surface area contributed by atoms with Gasteiger partial charge in [0.05, 0.1) is 0 Å². The van der Waals surface area contributed by atoms with Gasteiger partial charge in [0, 0.05) is 30.5 Å². The lowest BCUT2D eigenvalue weighted by molar-refractivity contribution is -0.119. The van der Waals surface area contributed by atoms with Crippen molar-refractivity contribution in [2.45, 2.75) is 18.9 Å². The maximum absolute atomic E-state index is 12.5. The normalized spacial score (nSPS) is 17.2. The quantitative estimate of drug-likeness (QED) is 0.912. The number of carbonyl (C=O) groups is 1. The number of rotatable bonds is 4. The van der Waals surface area contributed by atoms with E-state index >= 15 is 0 Å². The molecular weight excluding hydrogens is 252 g/mol. The SMILES string of the molecule is NCC[C@@H]1CN(C(=O)Cn2cccn2)c2ccccc21. The van der Waals surface area contributed by atoms with Crippen molar-refractivity contribution in [2.24, 2.45) is 5.73 Å². The molecule has 1 aromatic carbocycles. The van der Waals surface area contributed by atoms with E-state index in [1.807, 2.05) is 29.2 Å². The highest BCUT2D eigenvalue weighted by Crippen LogP contribution is 2.37. The Bertz CT molecular complexity index is 594. The highest BCUT2D eigenvalue weighted by atomic mass is 16.2. The predicted octanol–water partition coefficient (Wildman–Crippen LogP) is 1.36. The fraction of sp³-hybridized carbons (Fsp3) is 0.333. The molecule has 2 heterocycles. The minimum Gasteiger partial charge on any atom is -0.330 e. The molecule has 0 fully saturated rings. The van der Waals surface area contributed by atoms with E-state index in [0.29, 0.717) is 12.5 Å².